The van der Waals surface area contributed by atoms with Gasteiger partial charge in [0.1, 0.15) is 6.61 Å². The second kappa shape index (κ2) is 22.4. The van der Waals surface area contributed by atoms with Crippen molar-refractivity contribution in [3.8, 4) is 0 Å². The SMILES string of the molecule is COC(=O)c1ccc2c(c1)CN(C(=O)N1CCCCC1)CC(=O)C2.COC(=O)c1ccc2c(c1)CNCC(=O)C2.O=C1Cc2ccc(C(=O)CO)cc2CN(C(=O)N2CCCCC2)C1. The number of aliphatic hydroxyl groups is 1. The summed E-state index contributed by atoms with van der Waals surface area (Å²) in [5, 5.41) is 12.1. The molecule has 2 fully saturated rings. The first-order valence-electron chi connectivity index (χ1n) is 21.9. The van der Waals surface area contributed by atoms with E-state index in [0.29, 0.717) is 55.7 Å². The topological polar surface area (TPSA) is 200 Å². The highest BCUT2D eigenvalue weighted by molar-refractivity contribution is 5.97. The van der Waals surface area contributed by atoms with Gasteiger partial charge in [-0.3, -0.25) is 19.2 Å². The van der Waals surface area contributed by atoms with Crippen LogP contribution in [0, 0.1) is 0 Å². The number of Topliss-reactive ketones (excluding diaryl/α,β-unsaturated/α-hetero) is 4. The van der Waals surface area contributed by atoms with E-state index in [1.165, 1.54) is 14.2 Å². The number of carbonyl (C=O) groups excluding carboxylic acids is 8. The highest BCUT2D eigenvalue weighted by Crippen LogP contribution is 2.24. The molecular formula is C48H57N5O11. The summed E-state index contributed by atoms with van der Waals surface area (Å²) in [5.74, 6) is -0.933. The lowest BCUT2D eigenvalue weighted by atomic mass is 9.99. The van der Waals surface area contributed by atoms with E-state index >= 15 is 0 Å². The van der Waals surface area contributed by atoms with Gasteiger partial charge in [-0.15, -0.1) is 0 Å². The quantitative estimate of drug-likeness (QED) is 0.282. The van der Waals surface area contributed by atoms with E-state index < -0.39 is 12.6 Å². The van der Waals surface area contributed by atoms with Crippen LogP contribution in [0.5, 0.6) is 0 Å². The van der Waals surface area contributed by atoms with Crippen molar-refractivity contribution >= 4 is 47.1 Å². The Morgan fingerprint density at radius 1 is 0.500 bits per heavy atom. The number of nitrogens with zero attached hydrogens (tertiary/aromatic N) is 4. The van der Waals surface area contributed by atoms with Crippen LogP contribution in [0.2, 0.25) is 0 Å². The molecule has 0 saturated carbocycles. The number of ether oxygens (including phenoxy) is 2. The maximum atomic E-state index is 12.7. The number of ketones is 4. The molecule has 340 valence electrons. The Hall–Kier alpha value is -6.26. The molecule has 2 N–H and O–H groups in total. The van der Waals surface area contributed by atoms with Crippen LogP contribution in [-0.2, 0) is 62.8 Å². The Labute approximate surface area is 372 Å². The number of fused-ring (bicyclic) bond motifs is 3. The van der Waals surface area contributed by atoms with Crippen molar-refractivity contribution in [1.82, 2.24) is 24.9 Å². The van der Waals surface area contributed by atoms with Crippen molar-refractivity contribution < 1.29 is 52.9 Å². The first-order chi connectivity index (χ1) is 30.9. The largest absolute Gasteiger partial charge is 0.465 e. The van der Waals surface area contributed by atoms with Crippen LogP contribution in [0.15, 0.2) is 54.6 Å². The lowest BCUT2D eigenvalue weighted by molar-refractivity contribution is -0.119. The maximum absolute atomic E-state index is 12.7. The zero-order valence-electron chi connectivity index (χ0n) is 36.7. The van der Waals surface area contributed by atoms with Gasteiger partial charge < -0.3 is 39.5 Å². The number of piperidine rings is 2. The number of esters is 2. The van der Waals surface area contributed by atoms with Gasteiger partial charge in [0.05, 0.1) is 45.0 Å². The van der Waals surface area contributed by atoms with E-state index in [0.717, 1.165) is 98.1 Å². The van der Waals surface area contributed by atoms with Crippen molar-refractivity contribution in [1.29, 1.82) is 0 Å². The van der Waals surface area contributed by atoms with Crippen LogP contribution in [-0.4, -0.2) is 138 Å². The third-order valence-electron chi connectivity index (χ3n) is 12.0. The van der Waals surface area contributed by atoms with E-state index in [-0.39, 0.29) is 60.7 Å². The van der Waals surface area contributed by atoms with Crippen LogP contribution < -0.4 is 5.32 Å². The summed E-state index contributed by atoms with van der Waals surface area (Å²) >= 11 is 0. The molecule has 0 aliphatic carbocycles. The summed E-state index contributed by atoms with van der Waals surface area (Å²) in [4.78, 5) is 103. The number of aliphatic hydroxyl groups excluding tert-OH is 1. The number of methoxy groups -OCH3 is 2. The van der Waals surface area contributed by atoms with Crippen molar-refractivity contribution in [2.24, 2.45) is 0 Å². The average molecular weight is 880 g/mol. The molecule has 2 saturated heterocycles. The van der Waals surface area contributed by atoms with Gasteiger partial charge in [-0.1, -0.05) is 24.3 Å². The molecule has 0 spiro atoms. The molecule has 0 atom stereocenters. The summed E-state index contributed by atoms with van der Waals surface area (Å²) in [6.45, 7) is 4.33. The number of amides is 4. The Morgan fingerprint density at radius 3 is 1.36 bits per heavy atom. The predicted molar refractivity (Wildman–Crippen MR) is 234 cm³/mol. The van der Waals surface area contributed by atoms with Gasteiger partial charge in [-0.05, 0) is 102 Å². The summed E-state index contributed by atoms with van der Waals surface area (Å²) < 4.78 is 9.41. The van der Waals surface area contributed by atoms with Crippen molar-refractivity contribution in [2.45, 2.75) is 77.4 Å². The highest BCUT2D eigenvalue weighted by atomic mass is 16.5. The van der Waals surface area contributed by atoms with Gasteiger partial charge in [0.15, 0.2) is 23.1 Å². The van der Waals surface area contributed by atoms with Gasteiger partial charge in [0.2, 0.25) is 0 Å². The fourth-order valence-electron chi connectivity index (χ4n) is 8.55. The van der Waals surface area contributed by atoms with Crippen LogP contribution >= 0.6 is 0 Å². The predicted octanol–water partition coefficient (Wildman–Crippen LogP) is 4.09. The minimum Gasteiger partial charge on any atom is -0.465 e. The minimum atomic E-state index is -0.547. The summed E-state index contributed by atoms with van der Waals surface area (Å²) in [5.41, 5.74) is 6.74. The standard InChI is InChI=1S/2C18H22N2O4.C12H13NO3/c1-24-17(22)14-6-5-13-10-16(21)12-20(11-15(13)9-14)18(23)19-7-3-2-4-8-19;21-12-17(23)14-5-4-13-9-16(22)11-20(10-15(13)8-14)18(24)19-6-2-1-3-7-19;1-16-12(15)9-3-2-8-5-11(14)7-13-6-10(8)4-9/h5-6,9H,2-4,7-8,10-12H2,1H3;4-5,8,21H,1-3,6-7,9-12H2;2-4,13H,5-7H2,1H3. The second-order valence-electron chi connectivity index (χ2n) is 16.6. The molecular weight excluding hydrogens is 823 g/mol. The molecule has 0 radical (unpaired) electrons. The van der Waals surface area contributed by atoms with Crippen LogP contribution in [0.3, 0.4) is 0 Å². The molecule has 16 heteroatoms. The van der Waals surface area contributed by atoms with Crippen LogP contribution in [0.25, 0.3) is 0 Å². The number of hydrogen-bond donors (Lipinski definition) is 2. The molecule has 0 unspecified atom stereocenters. The molecule has 0 bridgehead atoms. The molecule has 3 aromatic rings. The number of rotatable bonds is 4. The number of benzene rings is 3. The third-order valence-corrected chi connectivity index (χ3v) is 12.0. The first-order valence-corrected chi connectivity index (χ1v) is 21.9. The Bertz CT molecular complexity index is 2150. The van der Waals surface area contributed by atoms with E-state index in [4.69, 9.17) is 9.84 Å². The zero-order chi connectivity index (χ0) is 45.8. The van der Waals surface area contributed by atoms with Crippen LogP contribution in [0.1, 0.15) is 103 Å². The molecule has 5 aliphatic heterocycles. The van der Waals surface area contributed by atoms with Crippen molar-refractivity contribution in [2.75, 3.05) is 66.6 Å². The number of urea groups is 2. The molecule has 5 aliphatic rings. The van der Waals surface area contributed by atoms with E-state index in [2.05, 4.69) is 10.1 Å². The first kappa shape index (κ1) is 47.2. The van der Waals surface area contributed by atoms with Crippen molar-refractivity contribution in [3.63, 3.8) is 0 Å². The smallest absolute Gasteiger partial charge is 0.337 e. The summed E-state index contributed by atoms with van der Waals surface area (Å²) in [7, 11) is 2.69. The lowest BCUT2D eigenvalue weighted by Gasteiger charge is -2.32. The number of nitrogens with one attached hydrogen (secondary N) is 1. The van der Waals surface area contributed by atoms with Gasteiger partial charge in [-0.2, -0.15) is 0 Å². The zero-order valence-corrected chi connectivity index (χ0v) is 36.7. The average Bonchev–Trinajstić information content (AvgIpc) is 3.70. The van der Waals surface area contributed by atoms with E-state index in [1.54, 1.807) is 58.3 Å². The number of likely N-dealkylation sites (tertiary alicyclic amines) is 2. The summed E-state index contributed by atoms with van der Waals surface area (Å²) in [6.07, 6.45) is 7.30. The molecule has 8 rings (SSSR count). The molecule has 5 heterocycles. The van der Waals surface area contributed by atoms with E-state index in [1.807, 2.05) is 15.9 Å². The second-order valence-corrected chi connectivity index (χ2v) is 16.6. The molecule has 3 aromatic carbocycles. The Balaban J connectivity index is 0.000000163. The van der Waals surface area contributed by atoms with Gasteiger partial charge in [-0.25, -0.2) is 19.2 Å². The fourth-order valence-corrected chi connectivity index (χ4v) is 8.55. The highest BCUT2D eigenvalue weighted by Gasteiger charge is 2.30. The van der Waals surface area contributed by atoms with Gasteiger partial charge >= 0.3 is 24.0 Å². The lowest BCUT2D eigenvalue weighted by Crippen LogP contribution is -2.46. The van der Waals surface area contributed by atoms with Gasteiger partial charge in [0, 0.05) is 70.6 Å². The van der Waals surface area contributed by atoms with Crippen LogP contribution in [0.4, 0.5) is 9.59 Å². The summed E-state index contributed by atoms with van der Waals surface area (Å²) in [6, 6.07) is 15.4. The monoisotopic (exact) mass is 879 g/mol. The molecule has 4 amide bonds. The molecule has 0 aromatic heterocycles. The van der Waals surface area contributed by atoms with Gasteiger partial charge in [0.25, 0.3) is 0 Å². The Kier molecular flexibility index (Phi) is 16.5. The Morgan fingerprint density at radius 2 is 0.906 bits per heavy atom. The molecule has 64 heavy (non-hydrogen) atoms. The van der Waals surface area contributed by atoms with E-state index in [9.17, 15) is 38.4 Å². The fraction of sp³-hybridized carbons (Fsp3) is 0.458. The third kappa shape index (κ3) is 12.3. The number of hydrogen-bond acceptors (Lipinski definition) is 12. The molecule has 16 nitrogen and oxygen atoms in total. The normalized spacial score (nSPS) is 17.3. The van der Waals surface area contributed by atoms with Crippen molar-refractivity contribution in [3.05, 3.63) is 105 Å². The minimum absolute atomic E-state index is 0.000319. The number of carbonyl (C=O) groups is 8. The maximum Gasteiger partial charge on any atom is 0.337 e.